The molecule has 1 N–H and O–H groups in total. The van der Waals surface area contributed by atoms with E-state index in [0.717, 1.165) is 22.2 Å². The van der Waals surface area contributed by atoms with Crippen LogP contribution in [0.5, 0.6) is 5.75 Å². The number of ether oxygens (including phenoxy) is 1. The molecular formula is C18H14F3N3O2S. The van der Waals surface area contributed by atoms with E-state index in [1.807, 2.05) is 0 Å². The fourth-order valence-corrected chi connectivity index (χ4v) is 4.11. The Morgan fingerprint density at radius 1 is 1.19 bits per heavy atom. The molecule has 0 fully saturated rings. The second-order valence-corrected chi connectivity index (χ2v) is 7.18. The van der Waals surface area contributed by atoms with E-state index >= 15 is 0 Å². The zero-order valence-corrected chi connectivity index (χ0v) is 15.1. The zero-order chi connectivity index (χ0) is 19.4. The number of nitrogens with one attached hydrogen (secondary N) is 1. The number of alkyl halides is 3. The standard InChI is InChI=1S/C18H14F3N3O2S/c1-10-3-5-11(6-4-10)17(18(19,20)21)22-15(25)24-13-8-7-12(26-2)9-14(13)27-16(24)23-17/h3-9H,1-2H3,(H,22,25). The van der Waals surface area contributed by atoms with Gasteiger partial charge in [-0.1, -0.05) is 29.8 Å². The number of rotatable bonds is 2. The zero-order valence-electron chi connectivity index (χ0n) is 14.3. The van der Waals surface area contributed by atoms with Crippen LogP contribution in [0.25, 0.3) is 0 Å². The van der Waals surface area contributed by atoms with Gasteiger partial charge in [0, 0.05) is 10.5 Å². The van der Waals surface area contributed by atoms with Gasteiger partial charge in [-0.25, -0.2) is 14.7 Å². The Hall–Kier alpha value is -2.68. The second kappa shape index (κ2) is 5.91. The highest BCUT2D eigenvalue weighted by Crippen LogP contribution is 2.49. The second-order valence-electron chi connectivity index (χ2n) is 6.17. The van der Waals surface area contributed by atoms with Crippen LogP contribution in [0, 0.1) is 6.92 Å². The fourth-order valence-electron chi connectivity index (χ4n) is 3.02. The van der Waals surface area contributed by atoms with Crippen LogP contribution in [0.3, 0.4) is 0 Å². The number of benzene rings is 2. The SMILES string of the molecule is COc1ccc2c(c1)SC1=NC(c3ccc(C)cc3)(C(F)(F)F)NC(=O)N12. The molecule has 0 aliphatic carbocycles. The average molecular weight is 393 g/mol. The fraction of sp³-hybridized carbons (Fsp3) is 0.222. The molecule has 0 saturated carbocycles. The number of nitrogens with zero attached hydrogens (tertiary/aromatic N) is 2. The number of hydrogen-bond donors (Lipinski definition) is 1. The Bertz CT molecular complexity index is 959. The first-order valence-electron chi connectivity index (χ1n) is 7.97. The normalized spacial score (nSPS) is 21.3. The van der Waals surface area contributed by atoms with Gasteiger partial charge in [0.05, 0.1) is 12.8 Å². The number of amides is 2. The number of aryl methyl sites for hydroxylation is 1. The highest BCUT2D eigenvalue weighted by molar-refractivity contribution is 8.15. The summed E-state index contributed by atoms with van der Waals surface area (Å²) in [5.41, 5.74) is -1.70. The van der Waals surface area contributed by atoms with Gasteiger partial charge in [0.2, 0.25) is 0 Å². The van der Waals surface area contributed by atoms with Crippen molar-refractivity contribution in [2.45, 2.75) is 23.7 Å². The van der Waals surface area contributed by atoms with Crippen molar-refractivity contribution in [2.75, 3.05) is 12.0 Å². The summed E-state index contributed by atoms with van der Waals surface area (Å²) < 4.78 is 47.4. The predicted molar refractivity (Wildman–Crippen MR) is 96.2 cm³/mol. The maximum Gasteiger partial charge on any atom is 0.436 e. The van der Waals surface area contributed by atoms with Gasteiger partial charge < -0.3 is 10.1 Å². The minimum atomic E-state index is -4.82. The molecule has 2 aromatic carbocycles. The van der Waals surface area contributed by atoms with E-state index < -0.39 is 17.9 Å². The maximum atomic E-state index is 14.1. The van der Waals surface area contributed by atoms with Gasteiger partial charge in [-0.05, 0) is 36.9 Å². The largest absolute Gasteiger partial charge is 0.497 e. The lowest BCUT2D eigenvalue weighted by molar-refractivity contribution is -0.195. The van der Waals surface area contributed by atoms with Gasteiger partial charge in [-0.15, -0.1) is 0 Å². The number of urea groups is 1. The Labute approximate surface area is 157 Å². The summed E-state index contributed by atoms with van der Waals surface area (Å²) in [6.07, 6.45) is -4.82. The maximum absolute atomic E-state index is 14.1. The van der Waals surface area contributed by atoms with Crippen molar-refractivity contribution >= 4 is 28.6 Å². The van der Waals surface area contributed by atoms with E-state index in [1.54, 1.807) is 37.3 Å². The minimum absolute atomic E-state index is 0.0279. The summed E-state index contributed by atoms with van der Waals surface area (Å²) in [4.78, 5) is 18.4. The molecule has 2 heterocycles. The first kappa shape index (κ1) is 17.7. The van der Waals surface area contributed by atoms with Gasteiger partial charge in [-0.3, -0.25) is 0 Å². The molecule has 140 valence electrons. The molecule has 9 heteroatoms. The Morgan fingerprint density at radius 3 is 2.52 bits per heavy atom. The number of fused-ring (bicyclic) bond motifs is 3. The van der Waals surface area contributed by atoms with E-state index in [0.29, 0.717) is 16.3 Å². The molecule has 0 saturated heterocycles. The van der Waals surface area contributed by atoms with E-state index in [4.69, 9.17) is 4.74 Å². The lowest BCUT2D eigenvalue weighted by Crippen LogP contribution is -2.62. The van der Waals surface area contributed by atoms with E-state index in [1.165, 1.54) is 19.2 Å². The lowest BCUT2D eigenvalue weighted by Gasteiger charge is -2.38. The van der Waals surface area contributed by atoms with Crippen LogP contribution in [0.1, 0.15) is 11.1 Å². The first-order valence-corrected chi connectivity index (χ1v) is 8.79. The van der Waals surface area contributed by atoms with Crippen molar-refractivity contribution in [3.8, 4) is 5.75 Å². The number of aliphatic imine (C=N–C) groups is 1. The molecule has 4 rings (SSSR count). The molecule has 0 spiro atoms. The molecule has 0 aromatic heterocycles. The number of hydrogen-bond acceptors (Lipinski definition) is 4. The molecular weight excluding hydrogens is 379 g/mol. The van der Waals surface area contributed by atoms with E-state index in [9.17, 15) is 18.0 Å². The molecule has 2 aliphatic rings. The van der Waals surface area contributed by atoms with Crippen LogP contribution in [0.4, 0.5) is 23.7 Å². The molecule has 2 amide bonds. The summed E-state index contributed by atoms with van der Waals surface area (Å²) in [5, 5.41) is 2.05. The number of carbonyl (C=O) groups excluding carboxylic acids is 1. The van der Waals surface area contributed by atoms with Crippen molar-refractivity contribution in [1.82, 2.24) is 5.32 Å². The van der Waals surface area contributed by atoms with Crippen LogP contribution in [0.2, 0.25) is 0 Å². The van der Waals surface area contributed by atoms with Gasteiger partial charge in [0.15, 0.2) is 5.17 Å². The smallest absolute Gasteiger partial charge is 0.436 e. The van der Waals surface area contributed by atoms with Crippen molar-refractivity contribution < 1.29 is 22.7 Å². The molecule has 1 atom stereocenters. The summed E-state index contributed by atoms with van der Waals surface area (Å²) in [6, 6.07) is 9.82. The molecule has 27 heavy (non-hydrogen) atoms. The van der Waals surface area contributed by atoms with E-state index in [2.05, 4.69) is 10.3 Å². The van der Waals surface area contributed by atoms with Crippen molar-refractivity contribution in [3.05, 3.63) is 53.6 Å². The van der Waals surface area contributed by atoms with Crippen molar-refractivity contribution in [1.29, 1.82) is 0 Å². The van der Waals surface area contributed by atoms with Crippen molar-refractivity contribution in [3.63, 3.8) is 0 Å². The Kier molecular flexibility index (Phi) is 3.88. The van der Waals surface area contributed by atoms with Crippen LogP contribution in [-0.4, -0.2) is 24.5 Å². The summed E-state index contributed by atoms with van der Waals surface area (Å²) in [7, 11) is 1.49. The van der Waals surface area contributed by atoms with Crippen LogP contribution < -0.4 is 15.0 Å². The third-order valence-electron chi connectivity index (χ3n) is 4.43. The highest BCUT2D eigenvalue weighted by Gasteiger charge is 2.61. The quantitative estimate of drug-likeness (QED) is 0.822. The average Bonchev–Trinajstić information content (AvgIpc) is 2.98. The van der Waals surface area contributed by atoms with Gasteiger partial charge in [0.1, 0.15) is 5.75 Å². The monoisotopic (exact) mass is 393 g/mol. The van der Waals surface area contributed by atoms with Crippen LogP contribution in [-0.2, 0) is 5.66 Å². The highest BCUT2D eigenvalue weighted by atomic mass is 32.2. The molecule has 1 unspecified atom stereocenters. The summed E-state index contributed by atoms with van der Waals surface area (Å²) in [6.45, 7) is 1.77. The number of amidine groups is 1. The number of thioether (sulfide) groups is 1. The third-order valence-corrected chi connectivity index (χ3v) is 5.44. The predicted octanol–water partition coefficient (Wildman–Crippen LogP) is 4.41. The Morgan fingerprint density at radius 2 is 1.89 bits per heavy atom. The molecule has 5 nitrogen and oxygen atoms in total. The number of anilines is 1. The van der Waals surface area contributed by atoms with Gasteiger partial charge >= 0.3 is 12.2 Å². The molecule has 0 bridgehead atoms. The van der Waals surface area contributed by atoms with Crippen LogP contribution >= 0.6 is 11.8 Å². The van der Waals surface area contributed by atoms with Gasteiger partial charge in [-0.2, -0.15) is 13.2 Å². The Balaban J connectivity index is 1.87. The number of carbonyl (C=O) groups is 1. The van der Waals surface area contributed by atoms with Crippen molar-refractivity contribution in [2.24, 2.45) is 4.99 Å². The first-order chi connectivity index (χ1) is 12.7. The lowest BCUT2D eigenvalue weighted by atomic mass is 9.97. The topological polar surface area (TPSA) is 53.9 Å². The summed E-state index contributed by atoms with van der Waals surface area (Å²) in [5.74, 6) is 0.544. The minimum Gasteiger partial charge on any atom is -0.497 e. The number of methoxy groups -OCH3 is 1. The summed E-state index contributed by atoms with van der Waals surface area (Å²) >= 11 is 1.00. The van der Waals surface area contributed by atoms with Crippen LogP contribution in [0.15, 0.2) is 52.4 Å². The third kappa shape index (κ3) is 2.64. The molecule has 2 aliphatic heterocycles. The molecule has 0 radical (unpaired) electrons. The van der Waals surface area contributed by atoms with Gasteiger partial charge in [0.25, 0.3) is 5.66 Å². The van der Waals surface area contributed by atoms with E-state index in [-0.39, 0.29) is 10.7 Å². The number of halogens is 3. The molecule has 2 aromatic rings.